The van der Waals surface area contributed by atoms with Gasteiger partial charge in [-0.15, -0.1) is 11.8 Å². The van der Waals surface area contributed by atoms with Crippen LogP contribution in [0.25, 0.3) is 0 Å². The largest absolute Gasteiger partial charge is 0.336 e. The molecular weight excluding hydrogens is 334 g/mol. The van der Waals surface area contributed by atoms with Crippen LogP contribution in [-0.2, 0) is 4.79 Å². The number of hydrogen-bond acceptors (Lipinski definition) is 4. The van der Waals surface area contributed by atoms with E-state index in [0.29, 0.717) is 11.3 Å². The van der Waals surface area contributed by atoms with Crippen LogP contribution >= 0.6 is 11.8 Å². The fourth-order valence-electron chi connectivity index (χ4n) is 4.14. The van der Waals surface area contributed by atoms with Crippen molar-refractivity contribution in [3.8, 4) is 0 Å². The number of nitrogens with one attached hydrogen (secondary N) is 1. The molecule has 2 heterocycles. The Bertz CT molecular complexity index is 665. The monoisotopic (exact) mass is 359 g/mol. The minimum atomic E-state index is 0.00296. The molecule has 25 heavy (non-hydrogen) atoms. The Hall–Kier alpha value is -1.53. The van der Waals surface area contributed by atoms with E-state index >= 15 is 0 Å². The van der Waals surface area contributed by atoms with Crippen molar-refractivity contribution in [1.82, 2.24) is 9.80 Å². The SMILES string of the molecule is O=C1CSc2ccc(C(=O)N3CCN(C4CCCCC4)CC3)cc2N1. The Kier molecular flexibility index (Phi) is 4.99. The first-order chi connectivity index (χ1) is 12.2. The van der Waals surface area contributed by atoms with Crippen LogP contribution in [0.1, 0.15) is 42.5 Å². The lowest BCUT2D eigenvalue weighted by molar-refractivity contribution is -0.113. The quantitative estimate of drug-likeness (QED) is 0.882. The predicted octanol–water partition coefficient (Wildman–Crippen LogP) is 2.82. The van der Waals surface area contributed by atoms with E-state index in [1.807, 2.05) is 23.1 Å². The van der Waals surface area contributed by atoms with Gasteiger partial charge in [0.2, 0.25) is 5.91 Å². The summed E-state index contributed by atoms with van der Waals surface area (Å²) >= 11 is 1.53. The first-order valence-corrected chi connectivity index (χ1v) is 10.3. The summed E-state index contributed by atoms with van der Waals surface area (Å²) in [6, 6.07) is 6.39. The van der Waals surface area contributed by atoms with Gasteiger partial charge in [0.25, 0.3) is 5.91 Å². The molecule has 1 N–H and O–H groups in total. The summed E-state index contributed by atoms with van der Waals surface area (Å²) in [5, 5.41) is 2.87. The van der Waals surface area contributed by atoms with Gasteiger partial charge in [-0.25, -0.2) is 0 Å². The maximum Gasteiger partial charge on any atom is 0.254 e. The van der Waals surface area contributed by atoms with Gasteiger partial charge in [0.1, 0.15) is 0 Å². The molecule has 0 atom stereocenters. The molecule has 2 fully saturated rings. The van der Waals surface area contributed by atoms with Crippen molar-refractivity contribution in [3.05, 3.63) is 23.8 Å². The molecule has 5 nitrogen and oxygen atoms in total. The number of thioether (sulfide) groups is 1. The molecule has 0 aromatic heterocycles. The van der Waals surface area contributed by atoms with Crippen molar-refractivity contribution in [1.29, 1.82) is 0 Å². The third-order valence-corrected chi connectivity index (χ3v) is 6.63. The normalized spacial score (nSPS) is 22.4. The Morgan fingerprint density at radius 1 is 1.08 bits per heavy atom. The third kappa shape index (κ3) is 3.70. The van der Waals surface area contributed by atoms with Gasteiger partial charge in [-0.05, 0) is 31.0 Å². The van der Waals surface area contributed by atoms with Crippen molar-refractivity contribution in [2.75, 3.05) is 37.2 Å². The van der Waals surface area contributed by atoms with E-state index in [1.165, 1.54) is 43.9 Å². The maximum atomic E-state index is 12.8. The summed E-state index contributed by atoms with van der Waals surface area (Å²) in [6.07, 6.45) is 6.71. The number of hydrogen-bond donors (Lipinski definition) is 1. The highest BCUT2D eigenvalue weighted by molar-refractivity contribution is 8.00. The highest BCUT2D eigenvalue weighted by Gasteiger charge is 2.28. The predicted molar refractivity (Wildman–Crippen MR) is 100 cm³/mol. The molecule has 1 saturated carbocycles. The molecule has 134 valence electrons. The summed E-state index contributed by atoms with van der Waals surface area (Å²) in [7, 11) is 0. The highest BCUT2D eigenvalue weighted by atomic mass is 32.2. The van der Waals surface area contributed by atoms with Crippen LogP contribution in [0.2, 0.25) is 0 Å². The molecule has 2 amide bonds. The van der Waals surface area contributed by atoms with Crippen molar-refractivity contribution in [2.24, 2.45) is 0 Å². The Morgan fingerprint density at radius 3 is 2.60 bits per heavy atom. The molecule has 3 aliphatic rings. The van der Waals surface area contributed by atoms with Gasteiger partial charge in [-0.1, -0.05) is 19.3 Å². The molecular formula is C19H25N3O2S. The van der Waals surface area contributed by atoms with E-state index in [9.17, 15) is 9.59 Å². The zero-order chi connectivity index (χ0) is 17.2. The van der Waals surface area contributed by atoms with Crippen LogP contribution in [0.3, 0.4) is 0 Å². The summed E-state index contributed by atoms with van der Waals surface area (Å²) in [4.78, 5) is 30.0. The topological polar surface area (TPSA) is 52.7 Å². The summed E-state index contributed by atoms with van der Waals surface area (Å²) in [5.41, 5.74) is 1.45. The molecule has 1 aromatic rings. The van der Waals surface area contributed by atoms with Crippen molar-refractivity contribution in [3.63, 3.8) is 0 Å². The van der Waals surface area contributed by atoms with Crippen molar-refractivity contribution >= 4 is 29.3 Å². The average Bonchev–Trinajstić information content (AvgIpc) is 2.67. The number of nitrogens with zero attached hydrogens (tertiary/aromatic N) is 2. The number of carbonyl (C=O) groups is 2. The minimum Gasteiger partial charge on any atom is -0.336 e. The van der Waals surface area contributed by atoms with Crippen LogP contribution in [0.15, 0.2) is 23.1 Å². The number of amides is 2. The molecule has 0 bridgehead atoms. The van der Waals surface area contributed by atoms with Gasteiger partial charge < -0.3 is 10.2 Å². The Labute approximate surface area is 153 Å². The number of rotatable bonds is 2. The zero-order valence-electron chi connectivity index (χ0n) is 14.5. The number of carbonyl (C=O) groups excluding carboxylic acids is 2. The average molecular weight is 359 g/mol. The van der Waals surface area contributed by atoms with Crippen LogP contribution in [0, 0.1) is 0 Å². The van der Waals surface area contributed by atoms with Gasteiger partial charge in [0, 0.05) is 42.7 Å². The van der Waals surface area contributed by atoms with Gasteiger partial charge in [-0.3, -0.25) is 14.5 Å². The summed E-state index contributed by atoms with van der Waals surface area (Å²) < 4.78 is 0. The van der Waals surface area contributed by atoms with Crippen LogP contribution in [0.4, 0.5) is 5.69 Å². The summed E-state index contributed by atoms with van der Waals surface area (Å²) in [5.74, 6) is 0.530. The fraction of sp³-hybridized carbons (Fsp3) is 0.579. The van der Waals surface area contributed by atoms with Crippen molar-refractivity contribution < 1.29 is 9.59 Å². The molecule has 1 saturated heterocycles. The second kappa shape index (κ2) is 7.38. The van der Waals surface area contributed by atoms with Gasteiger partial charge in [-0.2, -0.15) is 0 Å². The molecule has 2 aliphatic heterocycles. The second-order valence-corrected chi connectivity index (χ2v) is 8.18. The zero-order valence-corrected chi connectivity index (χ0v) is 15.3. The molecule has 1 aromatic carbocycles. The lowest BCUT2D eigenvalue weighted by Crippen LogP contribution is -2.52. The number of piperazine rings is 1. The Morgan fingerprint density at radius 2 is 1.84 bits per heavy atom. The Balaban J connectivity index is 1.39. The molecule has 0 spiro atoms. The number of anilines is 1. The third-order valence-electron chi connectivity index (χ3n) is 5.55. The molecule has 1 aliphatic carbocycles. The van der Waals surface area contributed by atoms with E-state index in [4.69, 9.17) is 0 Å². The molecule has 6 heteroatoms. The van der Waals surface area contributed by atoms with Crippen molar-refractivity contribution in [2.45, 2.75) is 43.0 Å². The van der Waals surface area contributed by atoms with E-state index < -0.39 is 0 Å². The fourth-order valence-corrected chi connectivity index (χ4v) is 4.92. The lowest BCUT2D eigenvalue weighted by atomic mass is 9.94. The van der Waals surface area contributed by atoms with E-state index in [0.717, 1.165) is 42.8 Å². The highest BCUT2D eigenvalue weighted by Crippen LogP contribution is 2.32. The first kappa shape index (κ1) is 16.9. The van der Waals surface area contributed by atoms with E-state index in [1.54, 1.807) is 0 Å². The van der Waals surface area contributed by atoms with Crippen LogP contribution in [-0.4, -0.2) is 59.6 Å². The van der Waals surface area contributed by atoms with Crippen LogP contribution < -0.4 is 5.32 Å². The van der Waals surface area contributed by atoms with Gasteiger partial charge in [0.05, 0.1) is 11.4 Å². The summed E-state index contributed by atoms with van der Waals surface area (Å²) in [6.45, 7) is 3.56. The maximum absolute atomic E-state index is 12.8. The van der Waals surface area contributed by atoms with Gasteiger partial charge in [0.15, 0.2) is 0 Å². The smallest absolute Gasteiger partial charge is 0.254 e. The van der Waals surface area contributed by atoms with E-state index in [2.05, 4.69) is 10.2 Å². The number of fused-ring (bicyclic) bond motifs is 1. The first-order valence-electron chi connectivity index (χ1n) is 9.31. The van der Waals surface area contributed by atoms with Gasteiger partial charge >= 0.3 is 0 Å². The lowest BCUT2D eigenvalue weighted by Gasteiger charge is -2.40. The second-order valence-electron chi connectivity index (χ2n) is 7.17. The molecule has 0 unspecified atom stereocenters. The molecule has 0 radical (unpaired) electrons. The molecule has 4 rings (SSSR count). The minimum absolute atomic E-state index is 0.00296. The standard InChI is InChI=1S/C19H25N3O2S/c23-18-13-25-17-7-6-14(12-16(17)20-18)19(24)22-10-8-21(9-11-22)15-4-2-1-3-5-15/h6-7,12,15H,1-5,8-11,13H2,(H,20,23). The number of benzene rings is 1. The van der Waals surface area contributed by atoms with E-state index in [-0.39, 0.29) is 11.8 Å². The van der Waals surface area contributed by atoms with Crippen LogP contribution in [0.5, 0.6) is 0 Å².